The van der Waals surface area contributed by atoms with Crippen LogP contribution in [0.15, 0.2) is 30.3 Å². The molecule has 1 N–H and O–H groups in total. The number of alkyl halides is 1. The van der Waals surface area contributed by atoms with Gasteiger partial charge in [-0.1, -0.05) is 49.6 Å². The van der Waals surface area contributed by atoms with Gasteiger partial charge < -0.3 is 15.0 Å². The van der Waals surface area contributed by atoms with Crippen LogP contribution in [0.1, 0.15) is 82.6 Å². The molecular formula is C30H39FN4O4. The third-order valence-electron chi connectivity index (χ3n) is 9.64. The highest BCUT2D eigenvalue weighted by atomic mass is 19.1. The lowest BCUT2D eigenvalue weighted by molar-refractivity contribution is -0.146. The molecule has 1 aromatic carbocycles. The number of nitrogens with one attached hydrogen (secondary N) is 1. The second-order valence-corrected chi connectivity index (χ2v) is 12.0. The number of amides is 3. The van der Waals surface area contributed by atoms with E-state index in [1.807, 2.05) is 36.4 Å². The molecule has 210 valence electrons. The van der Waals surface area contributed by atoms with Gasteiger partial charge in [0.05, 0.1) is 12.6 Å². The highest BCUT2D eigenvalue weighted by molar-refractivity contribution is 5.85. The lowest BCUT2D eigenvalue weighted by Gasteiger charge is -2.56. The van der Waals surface area contributed by atoms with Gasteiger partial charge in [-0.05, 0) is 56.9 Å². The highest BCUT2D eigenvalue weighted by Gasteiger charge is 2.56. The summed E-state index contributed by atoms with van der Waals surface area (Å²) < 4.78 is 19.8. The Morgan fingerprint density at radius 1 is 1.05 bits per heavy atom. The Hall–Kier alpha value is -3.15. The van der Waals surface area contributed by atoms with Gasteiger partial charge in [-0.2, -0.15) is 5.26 Å². The fraction of sp³-hybridized carbons (Fsp3) is 0.667. The fourth-order valence-corrected chi connectivity index (χ4v) is 7.13. The molecule has 0 radical (unpaired) electrons. The summed E-state index contributed by atoms with van der Waals surface area (Å²) in [6.45, 7) is -0.327. The van der Waals surface area contributed by atoms with Crippen LogP contribution >= 0.6 is 0 Å². The molecule has 1 aromatic rings. The van der Waals surface area contributed by atoms with Crippen molar-refractivity contribution in [1.29, 1.82) is 5.26 Å². The number of likely N-dealkylation sites (tertiary alicyclic amines) is 1. The predicted molar refractivity (Wildman–Crippen MR) is 142 cm³/mol. The molecular weight excluding hydrogens is 499 g/mol. The van der Waals surface area contributed by atoms with E-state index in [0.29, 0.717) is 38.5 Å². The van der Waals surface area contributed by atoms with Crippen molar-refractivity contribution in [2.24, 2.45) is 5.41 Å². The van der Waals surface area contributed by atoms with E-state index in [0.717, 1.165) is 31.2 Å². The number of hydrogen-bond acceptors (Lipinski definition) is 5. The van der Waals surface area contributed by atoms with Gasteiger partial charge in [0, 0.05) is 23.4 Å². The van der Waals surface area contributed by atoms with E-state index < -0.39 is 35.2 Å². The molecule has 39 heavy (non-hydrogen) atoms. The van der Waals surface area contributed by atoms with E-state index in [2.05, 4.69) is 5.32 Å². The maximum Gasteiger partial charge on any atom is 0.411 e. The lowest BCUT2D eigenvalue weighted by atomic mass is 9.56. The molecule has 5 fully saturated rings. The molecule has 2 bridgehead atoms. The molecule has 2 atom stereocenters. The first-order chi connectivity index (χ1) is 18.8. The quantitative estimate of drug-likeness (QED) is 0.545. The summed E-state index contributed by atoms with van der Waals surface area (Å²) >= 11 is 0. The normalized spacial score (nSPS) is 30.4. The molecule has 4 saturated carbocycles. The summed E-state index contributed by atoms with van der Waals surface area (Å²) in [5.41, 5.74) is -0.192. The Morgan fingerprint density at radius 3 is 2.36 bits per heavy atom. The van der Waals surface area contributed by atoms with Crippen molar-refractivity contribution in [3.05, 3.63) is 35.9 Å². The number of hydrogen-bond donors (Lipinski definition) is 1. The zero-order valence-corrected chi connectivity index (χ0v) is 22.6. The van der Waals surface area contributed by atoms with Crippen molar-refractivity contribution in [3.63, 3.8) is 0 Å². The van der Waals surface area contributed by atoms with Crippen molar-refractivity contribution in [2.45, 2.75) is 107 Å². The van der Waals surface area contributed by atoms with Crippen LogP contribution in [-0.2, 0) is 20.9 Å². The van der Waals surface area contributed by atoms with Crippen molar-refractivity contribution in [2.75, 3.05) is 13.1 Å². The van der Waals surface area contributed by atoms with Crippen LogP contribution in [0.3, 0.4) is 0 Å². The second kappa shape index (κ2) is 11.5. The SMILES string of the molecule is N#C[C@@H]1C[C@H](F)CN1C(=O)CN(C(=O)OCc1ccccc1)C12CCC(C(=O)NC3CCCCC3)(CC1)CC2. The van der Waals surface area contributed by atoms with Gasteiger partial charge in [0.2, 0.25) is 11.8 Å². The van der Waals surface area contributed by atoms with E-state index in [-0.39, 0.29) is 38.1 Å². The molecule has 0 aromatic heterocycles. The Morgan fingerprint density at radius 2 is 1.72 bits per heavy atom. The van der Waals surface area contributed by atoms with Gasteiger partial charge in [-0.15, -0.1) is 0 Å². The zero-order valence-electron chi connectivity index (χ0n) is 22.6. The van der Waals surface area contributed by atoms with Crippen molar-refractivity contribution in [3.8, 4) is 6.07 Å². The van der Waals surface area contributed by atoms with Gasteiger partial charge in [0.15, 0.2) is 0 Å². The van der Waals surface area contributed by atoms with E-state index in [4.69, 9.17) is 4.74 Å². The van der Waals surface area contributed by atoms with Crippen LogP contribution in [0.2, 0.25) is 0 Å². The van der Waals surface area contributed by atoms with E-state index in [9.17, 15) is 24.0 Å². The van der Waals surface area contributed by atoms with Crippen molar-refractivity contribution in [1.82, 2.24) is 15.1 Å². The van der Waals surface area contributed by atoms with E-state index >= 15 is 0 Å². The van der Waals surface area contributed by atoms with Gasteiger partial charge in [-0.25, -0.2) is 9.18 Å². The number of carbonyl (C=O) groups excluding carboxylic acids is 3. The van der Waals surface area contributed by atoms with Crippen LogP contribution < -0.4 is 5.32 Å². The van der Waals surface area contributed by atoms with Crippen LogP contribution in [0.5, 0.6) is 0 Å². The summed E-state index contributed by atoms with van der Waals surface area (Å²) in [5, 5.41) is 12.8. The molecule has 4 aliphatic carbocycles. The largest absolute Gasteiger partial charge is 0.445 e. The molecule has 1 saturated heterocycles. The summed E-state index contributed by atoms with van der Waals surface area (Å²) in [4.78, 5) is 43.1. The van der Waals surface area contributed by atoms with Crippen molar-refractivity contribution >= 4 is 17.9 Å². The topological polar surface area (TPSA) is 103 Å². The minimum Gasteiger partial charge on any atom is -0.445 e. The lowest BCUT2D eigenvalue weighted by Crippen LogP contribution is -2.63. The van der Waals surface area contributed by atoms with E-state index in [1.165, 1.54) is 16.2 Å². The molecule has 3 amide bonds. The van der Waals surface area contributed by atoms with Crippen LogP contribution in [0, 0.1) is 16.7 Å². The molecule has 9 heteroatoms. The van der Waals surface area contributed by atoms with Crippen LogP contribution in [0.4, 0.5) is 9.18 Å². The third-order valence-corrected chi connectivity index (χ3v) is 9.64. The van der Waals surface area contributed by atoms with Gasteiger partial charge in [-0.3, -0.25) is 14.5 Å². The average molecular weight is 539 g/mol. The number of carbonyl (C=O) groups is 3. The maximum absolute atomic E-state index is 14.1. The number of benzene rings is 1. The standard InChI is InChI=1S/C30H39FN4O4/c31-23-17-25(18-32)34(19-23)26(36)20-35(28(38)39-21-22-7-3-1-4-8-22)30-14-11-29(12-15-30,13-16-30)27(37)33-24-9-5-2-6-10-24/h1,3-4,7-8,23-25H,2,5-6,9-17,19-21H2,(H,33,37)/t23-,25-,29?,30?/m0/s1. The Balaban J connectivity index is 1.30. The van der Waals surface area contributed by atoms with Crippen LogP contribution in [0.25, 0.3) is 0 Å². The summed E-state index contributed by atoms with van der Waals surface area (Å²) in [7, 11) is 0. The number of halogens is 1. The molecule has 0 unspecified atom stereocenters. The van der Waals surface area contributed by atoms with E-state index in [1.54, 1.807) is 0 Å². The molecule has 6 rings (SSSR count). The maximum atomic E-state index is 14.1. The first-order valence-corrected chi connectivity index (χ1v) is 14.5. The third kappa shape index (κ3) is 5.75. The minimum absolute atomic E-state index is 0.00946. The zero-order chi connectivity index (χ0) is 27.5. The van der Waals surface area contributed by atoms with Gasteiger partial charge in [0.1, 0.15) is 25.4 Å². The van der Waals surface area contributed by atoms with Gasteiger partial charge in [0.25, 0.3) is 0 Å². The predicted octanol–water partition coefficient (Wildman–Crippen LogP) is 4.63. The smallest absolute Gasteiger partial charge is 0.411 e. The molecule has 1 aliphatic heterocycles. The molecule has 8 nitrogen and oxygen atoms in total. The molecule has 0 spiro atoms. The summed E-state index contributed by atoms with van der Waals surface area (Å²) in [5.74, 6) is -0.301. The molecule has 5 aliphatic rings. The summed E-state index contributed by atoms with van der Waals surface area (Å²) in [6.07, 6.45) is 7.54. The van der Waals surface area contributed by atoms with Crippen LogP contribution in [-0.4, -0.2) is 64.6 Å². The highest BCUT2D eigenvalue weighted by Crippen LogP contribution is 2.55. The number of nitrogens with zero attached hydrogens (tertiary/aromatic N) is 3. The minimum atomic E-state index is -1.25. The monoisotopic (exact) mass is 538 g/mol. The summed E-state index contributed by atoms with van der Waals surface area (Å²) in [6, 6.07) is 10.8. The number of fused-ring (bicyclic) bond motifs is 3. The Kier molecular flexibility index (Phi) is 8.11. The molecule has 1 heterocycles. The van der Waals surface area contributed by atoms with Gasteiger partial charge >= 0.3 is 6.09 Å². The number of rotatable bonds is 7. The Bertz CT molecular complexity index is 1080. The average Bonchev–Trinajstić information content (AvgIpc) is 3.37. The fourth-order valence-electron chi connectivity index (χ4n) is 7.13. The van der Waals surface area contributed by atoms with Crippen molar-refractivity contribution < 1.29 is 23.5 Å². The number of nitriles is 1. The number of ether oxygens (including phenoxy) is 1. The second-order valence-electron chi connectivity index (χ2n) is 12.0. The Labute approximate surface area is 229 Å². The first kappa shape index (κ1) is 27.4. The first-order valence-electron chi connectivity index (χ1n) is 14.5.